The van der Waals surface area contributed by atoms with Crippen molar-refractivity contribution in [2.75, 3.05) is 0 Å². The number of rotatable bonds is 3. The standard InChI is InChI=1S/C15H11F3O3/c1-9-6-7-12(10(8-9)14(19)20)21-13-5-3-2-4-11(13)15(16,17)18/h2-8H,1H3,(H,19,20). The molecule has 0 aliphatic heterocycles. The summed E-state index contributed by atoms with van der Waals surface area (Å²) in [5.41, 5.74) is -0.474. The summed E-state index contributed by atoms with van der Waals surface area (Å²) in [5.74, 6) is -1.83. The van der Waals surface area contributed by atoms with Crippen molar-refractivity contribution in [3.05, 3.63) is 59.2 Å². The van der Waals surface area contributed by atoms with Crippen molar-refractivity contribution in [1.29, 1.82) is 0 Å². The first-order valence-corrected chi connectivity index (χ1v) is 5.97. The molecule has 110 valence electrons. The Morgan fingerprint density at radius 3 is 2.38 bits per heavy atom. The van der Waals surface area contributed by atoms with Crippen molar-refractivity contribution in [1.82, 2.24) is 0 Å². The number of carbonyl (C=O) groups is 1. The van der Waals surface area contributed by atoms with Gasteiger partial charge >= 0.3 is 12.1 Å². The summed E-state index contributed by atoms with van der Waals surface area (Å²) < 4.78 is 43.8. The third-order valence-electron chi connectivity index (χ3n) is 2.78. The molecule has 0 aliphatic carbocycles. The Morgan fingerprint density at radius 2 is 1.76 bits per heavy atom. The van der Waals surface area contributed by atoms with E-state index in [4.69, 9.17) is 9.84 Å². The van der Waals surface area contributed by atoms with Crippen molar-refractivity contribution in [2.45, 2.75) is 13.1 Å². The van der Waals surface area contributed by atoms with Gasteiger partial charge in [-0.05, 0) is 31.2 Å². The number of aryl methyl sites for hydroxylation is 1. The molecule has 0 spiro atoms. The van der Waals surface area contributed by atoms with Gasteiger partial charge in [-0.1, -0.05) is 23.8 Å². The number of aromatic carboxylic acids is 1. The van der Waals surface area contributed by atoms with Gasteiger partial charge in [-0.25, -0.2) is 4.79 Å². The van der Waals surface area contributed by atoms with Crippen molar-refractivity contribution in [3.8, 4) is 11.5 Å². The van der Waals surface area contributed by atoms with E-state index in [0.29, 0.717) is 5.56 Å². The van der Waals surface area contributed by atoms with Crippen molar-refractivity contribution < 1.29 is 27.8 Å². The molecule has 0 radical (unpaired) electrons. The molecule has 0 amide bonds. The van der Waals surface area contributed by atoms with Crippen LogP contribution >= 0.6 is 0 Å². The molecule has 0 saturated heterocycles. The number of alkyl halides is 3. The van der Waals surface area contributed by atoms with E-state index in [9.17, 15) is 18.0 Å². The average molecular weight is 296 g/mol. The summed E-state index contributed by atoms with van der Waals surface area (Å²) in [5, 5.41) is 9.10. The van der Waals surface area contributed by atoms with Crippen LogP contribution < -0.4 is 4.74 Å². The summed E-state index contributed by atoms with van der Waals surface area (Å²) in [6, 6.07) is 8.90. The fraction of sp³-hybridized carbons (Fsp3) is 0.133. The smallest absolute Gasteiger partial charge is 0.419 e. The third kappa shape index (κ3) is 3.34. The number of carboxylic acids is 1. The van der Waals surface area contributed by atoms with Gasteiger partial charge in [0.1, 0.15) is 17.1 Å². The van der Waals surface area contributed by atoms with E-state index in [1.54, 1.807) is 13.0 Å². The fourth-order valence-electron chi connectivity index (χ4n) is 1.81. The molecule has 0 bridgehead atoms. The van der Waals surface area contributed by atoms with Crippen LogP contribution in [-0.2, 0) is 6.18 Å². The van der Waals surface area contributed by atoms with Gasteiger partial charge < -0.3 is 9.84 Å². The van der Waals surface area contributed by atoms with E-state index in [2.05, 4.69) is 0 Å². The minimum Gasteiger partial charge on any atom is -0.478 e. The van der Waals surface area contributed by atoms with E-state index >= 15 is 0 Å². The zero-order valence-electron chi connectivity index (χ0n) is 10.9. The van der Waals surface area contributed by atoms with Gasteiger partial charge in [0.15, 0.2) is 0 Å². The van der Waals surface area contributed by atoms with Crippen molar-refractivity contribution >= 4 is 5.97 Å². The normalized spacial score (nSPS) is 11.2. The summed E-state index contributed by atoms with van der Waals surface area (Å²) in [4.78, 5) is 11.1. The molecule has 2 aromatic carbocycles. The van der Waals surface area contributed by atoms with Gasteiger partial charge in [-0.3, -0.25) is 0 Å². The first-order chi connectivity index (χ1) is 9.79. The lowest BCUT2D eigenvalue weighted by molar-refractivity contribution is -0.138. The SMILES string of the molecule is Cc1ccc(Oc2ccccc2C(F)(F)F)c(C(=O)O)c1. The van der Waals surface area contributed by atoms with Gasteiger partial charge in [0, 0.05) is 0 Å². The Labute approximate surface area is 118 Å². The number of halogens is 3. The molecular weight excluding hydrogens is 285 g/mol. The number of hydrogen-bond donors (Lipinski definition) is 1. The monoisotopic (exact) mass is 296 g/mol. The molecule has 0 aromatic heterocycles. The number of hydrogen-bond acceptors (Lipinski definition) is 2. The highest BCUT2D eigenvalue weighted by atomic mass is 19.4. The summed E-state index contributed by atoms with van der Waals surface area (Å²) in [6.07, 6.45) is -4.58. The number of benzene rings is 2. The summed E-state index contributed by atoms with van der Waals surface area (Å²) in [7, 11) is 0. The molecule has 0 heterocycles. The largest absolute Gasteiger partial charge is 0.478 e. The van der Waals surface area contributed by atoms with Gasteiger partial charge in [-0.2, -0.15) is 13.2 Å². The van der Waals surface area contributed by atoms with Crippen molar-refractivity contribution in [3.63, 3.8) is 0 Å². The highest BCUT2D eigenvalue weighted by molar-refractivity contribution is 5.91. The van der Waals surface area contributed by atoms with Gasteiger partial charge in [-0.15, -0.1) is 0 Å². The first kappa shape index (κ1) is 14.9. The molecule has 21 heavy (non-hydrogen) atoms. The lowest BCUT2D eigenvalue weighted by Gasteiger charge is -2.14. The lowest BCUT2D eigenvalue weighted by atomic mass is 10.1. The first-order valence-electron chi connectivity index (χ1n) is 5.97. The van der Waals surface area contributed by atoms with E-state index in [1.165, 1.54) is 24.3 Å². The minimum absolute atomic E-state index is 0.134. The van der Waals surface area contributed by atoms with Crippen LogP contribution in [0.2, 0.25) is 0 Å². The minimum atomic E-state index is -4.58. The van der Waals surface area contributed by atoms with Crippen molar-refractivity contribution in [2.24, 2.45) is 0 Å². The molecule has 3 nitrogen and oxygen atoms in total. The Balaban J connectivity index is 2.47. The molecule has 0 unspecified atom stereocenters. The highest BCUT2D eigenvalue weighted by Gasteiger charge is 2.34. The second kappa shape index (κ2) is 5.47. The van der Waals surface area contributed by atoms with Crippen LogP contribution in [-0.4, -0.2) is 11.1 Å². The summed E-state index contributed by atoms with van der Waals surface area (Å²) in [6.45, 7) is 1.68. The predicted octanol–water partition coefficient (Wildman–Crippen LogP) is 4.50. The van der Waals surface area contributed by atoms with E-state index < -0.39 is 23.5 Å². The van der Waals surface area contributed by atoms with Crippen LogP contribution in [0.15, 0.2) is 42.5 Å². The second-order valence-corrected chi connectivity index (χ2v) is 4.40. The second-order valence-electron chi connectivity index (χ2n) is 4.40. The van der Waals surface area contributed by atoms with Gasteiger partial charge in [0.05, 0.1) is 5.56 Å². The maximum atomic E-state index is 12.9. The zero-order chi connectivity index (χ0) is 15.6. The van der Waals surface area contributed by atoms with Crippen LogP contribution in [0.4, 0.5) is 13.2 Å². The Morgan fingerprint density at radius 1 is 1.10 bits per heavy atom. The molecule has 0 fully saturated rings. The van der Waals surface area contributed by atoms with Crippen LogP contribution in [0.5, 0.6) is 11.5 Å². The van der Waals surface area contributed by atoms with Crippen LogP contribution in [0.25, 0.3) is 0 Å². The molecular formula is C15H11F3O3. The molecule has 2 rings (SSSR count). The molecule has 0 aliphatic rings. The van der Waals surface area contributed by atoms with Gasteiger partial charge in [0.25, 0.3) is 0 Å². The molecule has 0 atom stereocenters. The lowest BCUT2D eigenvalue weighted by Crippen LogP contribution is -2.08. The average Bonchev–Trinajstić information content (AvgIpc) is 2.40. The third-order valence-corrected chi connectivity index (χ3v) is 2.78. The molecule has 2 aromatic rings. The van der Waals surface area contributed by atoms with E-state index in [-0.39, 0.29) is 11.3 Å². The van der Waals surface area contributed by atoms with Gasteiger partial charge in [0.2, 0.25) is 0 Å². The molecule has 1 N–H and O–H groups in total. The number of para-hydroxylation sites is 1. The highest BCUT2D eigenvalue weighted by Crippen LogP contribution is 2.38. The quantitative estimate of drug-likeness (QED) is 0.906. The maximum Gasteiger partial charge on any atom is 0.419 e. The van der Waals surface area contributed by atoms with Crippen LogP contribution in [0, 0.1) is 6.92 Å². The van der Waals surface area contributed by atoms with Crippen LogP contribution in [0.1, 0.15) is 21.5 Å². The zero-order valence-corrected chi connectivity index (χ0v) is 10.9. The van der Waals surface area contributed by atoms with Crippen LogP contribution in [0.3, 0.4) is 0 Å². The summed E-state index contributed by atoms with van der Waals surface area (Å²) >= 11 is 0. The Hall–Kier alpha value is -2.50. The maximum absolute atomic E-state index is 12.9. The fourth-order valence-corrected chi connectivity index (χ4v) is 1.81. The number of carboxylic acid groups (broad SMARTS) is 1. The molecule has 0 saturated carbocycles. The predicted molar refractivity (Wildman–Crippen MR) is 69.7 cm³/mol. The van der Waals surface area contributed by atoms with E-state index in [1.807, 2.05) is 0 Å². The Kier molecular flexibility index (Phi) is 3.88. The molecule has 6 heteroatoms. The topological polar surface area (TPSA) is 46.5 Å². The number of ether oxygens (including phenoxy) is 1. The van der Waals surface area contributed by atoms with E-state index in [0.717, 1.165) is 12.1 Å². The Bertz CT molecular complexity index is 678.